The zero-order valence-electron chi connectivity index (χ0n) is 12.1. The van der Waals surface area contributed by atoms with E-state index in [9.17, 15) is 9.59 Å². The third kappa shape index (κ3) is 4.06. The molecule has 1 aliphatic heterocycles. The molecule has 1 saturated heterocycles. The van der Waals surface area contributed by atoms with E-state index in [-0.39, 0.29) is 18.4 Å². The quantitative estimate of drug-likeness (QED) is 0.899. The Hall–Kier alpha value is -1.36. The first kappa shape index (κ1) is 16.0. The van der Waals surface area contributed by atoms with Gasteiger partial charge in [-0.2, -0.15) is 0 Å². The predicted octanol–water partition coefficient (Wildman–Crippen LogP) is 3.62. The van der Waals surface area contributed by atoms with Gasteiger partial charge in [-0.1, -0.05) is 15.9 Å². The highest BCUT2D eigenvalue weighted by atomic mass is 79.9. The van der Waals surface area contributed by atoms with E-state index < -0.39 is 5.97 Å². The van der Waals surface area contributed by atoms with Crippen LogP contribution in [0.1, 0.15) is 48.0 Å². The molecule has 0 radical (unpaired) electrons. The van der Waals surface area contributed by atoms with Gasteiger partial charge in [0.15, 0.2) is 0 Å². The van der Waals surface area contributed by atoms with Crippen LogP contribution in [0.15, 0.2) is 22.7 Å². The van der Waals surface area contributed by atoms with Crippen LogP contribution in [0.4, 0.5) is 0 Å². The SMILES string of the molecule is Cc1cc(C(=O)N2CCCCC2CCC(=O)O)ccc1Br. The lowest BCUT2D eigenvalue weighted by Crippen LogP contribution is -2.44. The molecule has 5 heteroatoms. The molecule has 1 aromatic rings. The molecule has 1 atom stereocenters. The van der Waals surface area contributed by atoms with Crippen LogP contribution in [-0.4, -0.2) is 34.5 Å². The molecule has 1 unspecified atom stereocenters. The molecule has 0 bridgehead atoms. The first-order chi connectivity index (χ1) is 9.99. The summed E-state index contributed by atoms with van der Waals surface area (Å²) in [5.41, 5.74) is 1.71. The molecule has 1 amide bonds. The number of piperidine rings is 1. The summed E-state index contributed by atoms with van der Waals surface area (Å²) >= 11 is 3.44. The van der Waals surface area contributed by atoms with Crippen molar-refractivity contribution in [2.75, 3.05) is 6.54 Å². The van der Waals surface area contributed by atoms with Crippen LogP contribution >= 0.6 is 15.9 Å². The van der Waals surface area contributed by atoms with Gasteiger partial charge in [0.1, 0.15) is 0 Å². The second kappa shape index (κ2) is 7.07. The normalized spacial score (nSPS) is 18.6. The minimum atomic E-state index is -0.799. The summed E-state index contributed by atoms with van der Waals surface area (Å²) in [6.45, 7) is 2.68. The van der Waals surface area contributed by atoms with Crippen molar-refractivity contribution in [1.29, 1.82) is 0 Å². The summed E-state index contributed by atoms with van der Waals surface area (Å²) in [5.74, 6) is -0.784. The largest absolute Gasteiger partial charge is 0.481 e. The van der Waals surface area contributed by atoms with Gasteiger partial charge < -0.3 is 10.0 Å². The predicted molar refractivity (Wildman–Crippen MR) is 84.4 cm³/mol. The van der Waals surface area contributed by atoms with Gasteiger partial charge >= 0.3 is 5.97 Å². The van der Waals surface area contributed by atoms with Crippen LogP contribution in [0.25, 0.3) is 0 Å². The number of halogens is 1. The Bertz CT molecular complexity index is 544. The number of carboxylic acid groups (broad SMARTS) is 1. The van der Waals surface area contributed by atoms with Crippen molar-refractivity contribution in [3.05, 3.63) is 33.8 Å². The smallest absolute Gasteiger partial charge is 0.303 e. The lowest BCUT2D eigenvalue weighted by Gasteiger charge is -2.35. The Labute approximate surface area is 133 Å². The van der Waals surface area contributed by atoms with E-state index in [1.807, 2.05) is 30.0 Å². The van der Waals surface area contributed by atoms with Crippen molar-refractivity contribution >= 4 is 27.8 Å². The Morgan fingerprint density at radius 3 is 2.81 bits per heavy atom. The van der Waals surface area contributed by atoms with Crippen molar-refractivity contribution in [3.8, 4) is 0 Å². The molecular weight excluding hydrogens is 334 g/mol. The first-order valence-electron chi connectivity index (χ1n) is 7.28. The number of hydrogen-bond acceptors (Lipinski definition) is 2. The molecule has 1 heterocycles. The summed E-state index contributed by atoms with van der Waals surface area (Å²) in [4.78, 5) is 25.3. The molecule has 4 nitrogen and oxygen atoms in total. The standard InChI is InChI=1S/C16H20BrNO3/c1-11-10-12(5-7-14(11)17)16(21)18-9-3-2-4-13(18)6-8-15(19)20/h5,7,10,13H,2-4,6,8-9H2,1H3,(H,19,20). The van der Waals surface area contributed by atoms with E-state index in [0.29, 0.717) is 12.0 Å². The number of nitrogens with zero attached hydrogens (tertiary/aromatic N) is 1. The summed E-state index contributed by atoms with van der Waals surface area (Å²) < 4.78 is 0.986. The van der Waals surface area contributed by atoms with Gasteiger partial charge in [0.25, 0.3) is 5.91 Å². The van der Waals surface area contributed by atoms with Crippen molar-refractivity contribution in [1.82, 2.24) is 4.90 Å². The summed E-state index contributed by atoms with van der Waals surface area (Å²) in [7, 11) is 0. The molecule has 0 saturated carbocycles. The van der Waals surface area contributed by atoms with Crippen LogP contribution in [-0.2, 0) is 4.79 Å². The lowest BCUT2D eigenvalue weighted by molar-refractivity contribution is -0.137. The monoisotopic (exact) mass is 353 g/mol. The minimum absolute atomic E-state index is 0.0145. The van der Waals surface area contributed by atoms with Gasteiger partial charge in [0.05, 0.1) is 0 Å². The third-order valence-corrected chi connectivity index (χ3v) is 4.87. The number of amides is 1. The highest BCUT2D eigenvalue weighted by Gasteiger charge is 2.27. The van der Waals surface area contributed by atoms with Crippen molar-refractivity contribution in [2.45, 2.75) is 45.1 Å². The highest BCUT2D eigenvalue weighted by molar-refractivity contribution is 9.10. The van der Waals surface area contributed by atoms with Crippen LogP contribution in [0.5, 0.6) is 0 Å². The van der Waals surface area contributed by atoms with Crippen LogP contribution < -0.4 is 0 Å². The Balaban J connectivity index is 2.13. The molecule has 2 rings (SSSR count). The minimum Gasteiger partial charge on any atom is -0.481 e. The van der Waals surface area contributed by atoms with E-state index in [4.69, 9.17) is 5.11 Å². The maximum atomic E-state index is 12.7. The summed E-state index contributed by atoms with van der Waals surface area (Å²) in [5, 5.41) is 8.84. The molecule has 1 aliphatic rings. The number of hydrogen-bond donors (Lipinski definition) is 1. The Morgan fingerprint density at radius 1 is 1.38 bits per heavy atom. The zero-order chi connectivity index (χ0) is 15.4. The number of aliphatic carboxylic acids is 1. The molecule has 1 N–H and O–H groups in total. The second-order valence-corrected chi connectivity index (χ2v) is 6.40. The summed E-state index contributed by atoms with van der Waals surface area (Å²) in [6.07, 6.45) is 3.61. The van der Waals surface area contributed by atoms with Gasteiger partial charge in [-0.3, -0.25) is 9.59 Å². The fourth-order valence-electron chi connectivity index (χ4n) is 2.80. The van der Waals surface area contributed by atoms with Gasteiger partial charge in [-0.05, 0) is 56.4 Å². The number of aryl methyl sites for hydroxylation is 1. The fourth-order valence-corrected chi connectivity index (χ4v) is 3.05. The topological polar surface area (TPSA) is 57.6 Å². The van der Waals surface area contributed by atoms with Crippen LogP contribution in [0, 0.1) is 6.92 Å². The van der Waals surface area contributed by atoms with Gasteiger partial charge in [-0.15, -0.1) is 0 Å². The van der Waals surface area contributed by atoms with E-state index in [2.05, 4.69) is 15.9 Å². The number of carbonyl (C=O) groups is 2. The molecule has 1 aromatic carbocycles. The first-order valence-corrected chi connectivity index (χ1v) is 8.07. The number of carboxylic acids is 1. The maximum Gasteiger partial charge on any atom is 0.303 e. The van der Waals surface area contributed by atoms with Gasteiger partial charge in [0.2, 0.25) is 0 Å². The van der Waals surface area contributed by atoms with E-state index in [0.717, 1.165) is 35.8 Å². The lowest BCUT2D eigenvalue weighted by atomic mass is 9.96. The van der Waals surface area contributed by atoms with Crippen LogP contribution in [0.2, 0.25) is 0 Å². The van der Waals surface area contributed by atoms with Crippen molar-refractivity contribution < 1.29 is 14.7 Å². The molecule has 0 aliphatic carbocycles. The fraction of sp³-hybridized carbons (Fsp3) is 0.500. The molecule has 0 spiro atoms. The van der Waals surface area contributed by atoms with Gasteiger partial charge in [-0.25, -0.2) is 0 Å². The zero-order valence-corrected chi connectivity index (χ0v) is 13.7. The second-order valence-electron chi connectivity index (χ2n) is 5.54. The Morgan fingerprint density at radius 2 is 2.14 bits per heavy atom. The van der Waals surface area contributed by atoms with Crippen molar-refractivity contribution in [3.63, 3.8) is 0 Å². The Kier molecular flexibility index (Phi) is 5.39. The average molecular weight is 354 g/mol. The van der Waals surface area contributed by atoms with E-state index >= 15 is 0 Å². The molecule has 21 heavy (non-hydrogen) atoms. The molecule has 0 aromatic heterocycles. The number of likely N-dealkylation sites (tertiary alicyclic amines) is 1. The van der Waals surface area contributed by atoms with Gasteiger partial charge in [0, 0.05) is 29.0 Å². The molecule has 1 fully saturated rings. The molecule has 114 valence electrons. The number of rotatable bonds is 4. The van der Waals surface area contributed by atoms with E-state index in [1.165, 1.54) is 0 Å². The van der Waals surface area contributed by atoms with Crippen molar-refractivity contribution in [2.24, 2.45) is 0 Å². The average Bonchev–Trinajstić information content (AvgIpc) is 2.47. The highest BCUT2D eigenvalue weighted by Crippen LogP contribution is 2.24. The number of carbonyl (C=O) groups excluding carboxylic acids is 1. The summed E-state index contributed by atoms with van der Waals surface area (Å²) in [6, 6.07) is 5.64. The maximum absolute atomic E-state index is 12.7. The third-order valence-electron chi connectivity index (χ3n) is 3.98. The molecular formula is C16H20BrNO3. The number of benzene rings is 1. The van der Waals surface area contributed by atoms with E-state index in [1.54, 1.807) is 0 Å². The van der Waals surface area contributed by atoms with Crippen LogP contribution in [0.3, 0.4) is 0 Å².